The Hall–Kier alpha value is -2.49. The van der Waals surface area contributed by atoms with Crippen LogP contribution in [0.4, 0.5) is 0 Å². The molecule has 2 aromatic carbocycles. The van der Waals surface area contributed by atoms with Gasteiger partial charge in [0.25, 0.3) is 0 Å². The van der Waals surface area contributed by atoms with Crippen molar-refractivity contribution < 1.29 is 19.4 Å². The maximum atomic E-state index is 11.2. The molecule has 0 aliphatic heterocycles. The van der Waals surface area contributed by atoms with Crippen LogP contribution in [0.2, 0.25) is 0 Å². The lowest BCUT2D eigenvalue weighted by molar-refractivity contribution is 0.0693. The summed E-state index contributed by atoms with van der Waals surface area (Å²) in [6, 6.07) is 12.9. The molecule has 2 rings (SSSR count). The monoisotopic (exact) mass is 286 g/mol. The molecule has 110 valence electrons. The van der Waals surface area contributed by atoms with E-state index in [0.29, 0.717) is 12.4 Å². The third-order valence-corrected chi connectivity index (χ3v) is 3.21. The minimum atomic E-state index is -1.01. The number of hydrogen-bond acceptors (Lipinski definition) is 3. The van der Waals surface area contributed by atoms with Crippen LogP contribution in [0.25, 0.3) is 0 Å². The van der Waals surface area contributed by atoms with Gasteiger partial charge in [0.05, 0.1) is 7.11 Å². The molecule has 0 atom stereocenters. The van der Waals surface area contributed by atoms with E-state index in [1.807, 2.05) is 24.3 Å². The van der Waals surface area contributed by atoms with Crippen molar-refractivity contribution in [3.05, 3.63) is 59.2 Å². The van der Waals surface area contributed by atoms with Crippen molar-refractivity contribution in [2.24, 2.45) is 0 Å². The number of aromatic carboxylic acids is 1. The quantitative estimate of drug-likeness (QED) is 0.882. The van der Waals surface area contributed by atoms with Crippen molar-refractivity contribution in [3.63, 3.8) is 0 Å². The zero-order valence-corrected chi connectivity index (χ0v) is 12.1. The number of benzene rings is 2. The lowest BCUT2D eigenvalue weighted by atomic mass is 10.1. The average molecular weight is 286 g/mol. The fraction of sp³-hybridized carbons (Fsp3) is 0.235. The Morgan fingerprint density at radius 3 is 2.62 bits per heavy atom. The number of hydrogen-bond donors (Lipinski definition) is 1. The molecule has 4 heteroatoms. The predicted octanol–water partition coefficient (Wildman–Crippen LogP) is 3.53. The molecule has 0 spiro atoms. The number of carbonyl (C=O) groups is 1. The van der Waals surface area contributed by atoms with Crippen molar-refractivity contribution in [1.29, 1.82) is 0 Å². The molecule has 0 heterocycles. The molecule has 4 nitrogen and oxygen atoms in total. The van der Waals surface area contributed by atoms with E-state index in [4.69, 9.17) is 14.6 Å². The van der Waals surface area contributed by atoms with Crippen molar-refractivity contribution in [3.8, 4) is 11.5 Å². The summed E-state index contributed by atoms with van der Waals surface area (Å²) in [6.07, 6.45) is 0.947. The smallest absolute Gasteiger partial charge is 0.339 e. The number of aryl methyl sites for hydroxylation is 1. The number of ether oxygens (including phenoxy) is 2. The molecule has 0 saturated carbocycles. The number of rotatable bonds is 6. The normalized spacial score (nSPS) is 10.2. The van der Waals surface area contributed by atoms with Crippen LogP contribution in [0.1, 0.15) is 28.4 Å². The highest BCUT2D eigenvalue weighted by molar-refractivity contribution is 5.91. The van der Waals surface area contributed by atoms with Gasteiger partial charge in [0.1, 0.15) is 23.7 Å². The molecule has 21 heavy (non-hydrogen) atoms. The minimum absolute atomic E-state index is 0.140. The van der Waals surface area contributed by atoms with E-state index in [-0.39, 0.29) is 5.56 Å². The third kappa shape index (κ3) is 3.75. The molecule has 0 bridgehead atoms. The lowest BCUT2D eigenvalue weighted by Crippen LogP contribution is -2.03. The van der Waals surface area contributed by atoms with E-state index in [2.05, 4.69) is 6.92 Å². The first kappa shape index (κ1) is 14.9. The van der Waals surface area contributed by atoms with Crippen LogP contribution in [0, 0.1) is 0 Å². The molecule has 0 aromatic heterocycles. The first-order chi connectivity index (χ1) is 10.1. The highest BCUT2D eigenvalue weighted by Crippen LogP contribution is 2.21. The molecular weight excluding hydrogens is 268 g/mol. The largest absolute Gasteiger partial charge is 0.496 e. The summed E-state index contributed by atoms with van der Waals surface area (Å²) in [4.78, 5) is 11.2. The fourth-order valence-corrected chi connectivity index (χ4v) is 2.03. The second-order valence-electron chi connectivity index (χ2n) is 4.63. The van der Waals surface area contributed by atoms with E-state index < -0.39 is 5.97 Å². The van der Waals surface area contributed by atoms with Crippen LogP contribution in [0.15, 0.2) is 42.5 Å². The summed E-state index contributed by atoms with van der Waals surface area (Å²) >= 11 is 0. The van der Waals surface area contributed by atoms with E-state index in [9.17, 15) is 4.79 Å². The van der Waals surface area contributed by atoms with Gasteiger partial charge >= 0.3 is 5.97 Å². The molecule has 1 N–H and O–H groups in total. The summed E-state index contributed by atoms with van der Waals surface area (Å²) in [5.41, 5.74) is 2.13. The van der Waals surface area contributed by atoms with Crippen LogP contribution in [-0.4, -0.2) is 18.2 Å². The molecule has 0 aliphatic rings. The Kier molecular flexibility index (Phi) is 4.82. The maximum Gasteiger partial charge on any atom is 0.339 e. The van der Waals surface area contributed by atoms with Crippen LogP contribution in [-0.2, 0) is 13.0 Å². The summed E-state index contributed by atoms with van der Waals surface area (Å²) in [5, 5.41) is 9.15. The summed E-state index contributed by atoms with van der Waals surface area (Å²) in [7, 11) is 1.45. The van der Waals surface area contributed by atoms with E-state index in [1.165, 1.54) is 12.7 Å². The molecule has 0 aliphatic carbocycles. The van der Waals surface area contributed by atoms with Crippen LogP contribution < -0.4 is 9.47 Å². The second kappa shape index (κ2) is 6.79. The highest BCUT2D eigenvalue weighted by atomic mass is 16.5. The zero-order valence-electron chi connectivity index (χ0n) is 12.1. The SMILES string of the molecule is CCc1cccc(OCc2ccc(OC)c(C(=O)O)c2)c1. The first-order valence-corrected chi connectivity index (χ1v) is 6.76. The van der Waals surface area contributed by atoms with Gasteiger partial charge in [-0.05, 0) is 41.8 Å². The maximum absolute atomic E-state index is 11.2. The topological polar surface area (TPSA) is 55.8 Å². The Labute approximate surface area is 123 Å². The van der Waals surface area contributed by atoms with Gasteiger partial charge < -0.3 is 14.6 Å². The van der Waals surface area contributed by atoms with Crippen LogP contribution >= 0.6 is 0 Å². The van der Waals surface area contributed by atoms with Gasteiger partial charge in [-0.15, -0.1) is 0 Å². The number of methoxy groups -OCH3 is 1. The van der Waals surface area contributed by atoms with Gasteiger partial charge in [-0.25, -0.2) is 4.79 Å². The lowest BCUT2D eigenvalue weighted by Gasteiger charge is -2.10. The van der Waals surface area contributed by atoms with Crippen molar-refractivity contribution in [2.45, 2.75) is 20.0 Å². The Morgan fingerprint density at radius 2 is 1.95 bits per heavy atom. The molecule has 0 radical (unpaired) electrons. The van der Waals surface area contributed by atoms with E-state index in [0.717, 1.165) is 17.7 Å². The highest BCUT2D eigenvalue weighted by Gasteiger charge is 2.11. The van der Waals surface area contributed by atoms with Crippen molar-refractivity contribution in [1.82, 2.24) is 0 Å². The Bertz CT molecular complexity index is 634. The van der Waals surface area contributed by atoms with Gasteiger partial charge in [0, 0.05) is 0 Å². The first-order valence-electron chi connectivity index (χ1n) is 6.76. The number of carboxylic acids is 1. The predicted molar refractivity (Wildman–Crippen MR) is 80.1 cm³/mol. The Balaban J connectivity index is 2.12. The third-order valence-electron chi connectivity index (χ3n) is 3.21. The molecule has 0 amide bonds. The van der Waals surface area contributed by atoms with Gasteiger partial charge in [-0.3, -0.25) is 0 Å². The summed E-state index contributed by atoms with van der Waals surface area (Å²) < 4.78 is 10.7. The summed E-state index contributed by atoms with van der Waals surface area (Å²) in [6.45, 7) is 2.40. The van der Waals surface area contributed by atoms with Crippen LogP contribution in [0.3, 0.4) is 0 Å². The number of carboxylic acid groups (broad SMARTS) is 1. The van der Waals surface area contributed by atoms with Gasteiger partial charge in [0.15, 0.2) is 0 Å². The second-order valence-corrected chi connectivity index (χ2v) is 4.63. The van der Waals surface area contributed by atoms with Gasteiger partial charge in [-0.1, -0.05) is 25.1 Å². The zero-order chi connectivity index (χ0) is 15.2. The average Bonchev–Trinajstić information content (AvgIpc) is 2.52. The Morgan fingerprint density at radius 1 is 1.14 bits per heavy atom. The molecule has 0 saturated heterocycles. The van der Waals surface area contributed by atoms with Gasteiger partial charge in [0.2, 0.25) is 0 Å². The molecule has 0 fully saturated rings. The summed E-state index contributed by atoms with van der Waals surface area (Å²) in [5.74, 6) is 0.114. The van der Waals surface area contributed by atoms with Gasteiger partial charge in [-0.2, -0.15) is 0 Å². The molecular formula is C17H18O4. The van der Waals surface area contributed by atoms with E-state index in [1.54, 1.807) is 18.2 Å². The minimum Gasteiger partial charge on any atom is -0.496 e. The standard InChI is InChI=1S/C17H18O4/c1-3-12-5-4-6-14(9-12)21-11-13-7-8-16(20-2)15(10-13)17(18)19/h4-10H,3,11H2,1-2H3,(H,18,19). The van der Waals surface area contributed by atoms with Crippen LogP contribution in [0.5, 0.6) is 11.5 Å². The molecule has 2 aromatic rings. The van der Waals surface area contributed by atoms with E-state index >= 15 is 0 Å². The van der Waals surface area contributed by atoms with Crippen molar-refractivity contribution >= 4 is 5.97 Å². The van der Waals surface area contributed by atoms with Crippen molar-refractivity contribution in [2.75, 3.05) is 7.11 Å². The molecule has 0 unspecified atom stereocenters. The fourth-order valence-electron chi connectivity index (χ4n) is 2.03.